The van der Waals surface area contributed by atoms with Gasteiger partial charge in [0.15, 0.2) is 5.82 Å². The summed E-state index contributed by atoms with van der Waals surface area (Å²) in [5.74, 6) is 2.99. The van der Waals surface area contributed by atoms with Crippen LogP contribution in [0.1, 0.15) is 36.3 Å². The number of thiocarbonyl (C=S) groups is 1. The van der Waals surface area contributed by atoms with E-state index in [-0.39, 0.29) is 0 Å². The summed E-state index contributed by atoms with van der Waals surface area (Å²) in [6.45, 7) is 2.86. The van der Waals surface area contributed by atoms with E-state index in [9.17, 15) is 0 Å². The summed E-state index contributed by atoms with van der Waals surface area (Å²) in [6, 6.07) is 11.3. The van der Waals surface area contributed by atoms with Gasteiger partial charge in [-0.15, -0.1) is 0 Å². The smallest absolute Gasteiger partial charge is 0.208 e. The average molecular weight is 351 g/mol. The zero-order valence-corrected chi connectivity index (χ0v) is 15.3. The van der Waals surface area contributed by atoms with Gasteiger partial charge in [-0.2, -0.15) is 0 Å². The number of anilines is 1. The zero-order chi connectivity index (χ0) is 17.1. The molecule has 5 nitrogen and oxygen atoms in total. The Kier molecular flexibility index (Phi) is 3.25. The van der Waals surface area contributed by atoms with Crippen LogP contribution in [0.2, 0.25) is 0 Å². The van der Waals surface area contributed by atoms with E-state index in [4.69, 9.17) is 22.2 Å². The predicted molar refractivity (Wildman–Crippen MR) is 103 cm³/mol. The minimum absolute atomic E-state index is 0.394. The first-order chi connectivity index (χ1) is 12.1. The summed E-state index contributed by atoms with van der Waals surface area (Å²) in [5, 5.41) is 0. The highest BCUT2D eigenvalue weighted by molar-refractivity contribution is 7.80. The molecule has 1 aromatic carbocycles. The van der Waals surface area contributed by atoms with E-state index < -0.39 is 0 Å². The lowest BCUT2D eigenvalue weighted by atomic mass is 10.1. The monoisotopic (exact) mass is 351 g/mol. The molecule has 0 radical (unpaired) electrons. The van der Waals surface area contributed by atoms with Crippen LogP contribution in [0.3, 0.4) is 0 Å². The van der Waals surface area contributed by atoms with Gasteiger partial charge in [0, 0.05) is 13.6 Å². The Labute approximate surface area is 153 Å². The van der Waals surface area contributed by atoms with Crippen molar-refractivity contribution < 1.29 is 0 Å². The molecule has 25 heavy (non-hydrogen) atoms. The van der Waals surface area contributed by atoms with Gasteiger partial charge in [0.2, 0.25) is 5.96 Å². The Morgan fingerprint density at radius 1 is 1.20 bits per heavy atom. The number of guanidine groups is 1. The molecule has 1 fully saturated rings. The molecular weight excluding hydrogens is 330 g/mol. The highest BCUT2D eigenvalue weighted by Crippen LogP contribution is 2.40. The van der Waals surface area contributed by atoms with Crippen molar-refractivity contribution in [2.24, 2.45) is 4.99 Å². The van der Waals surface area contributed by atoms with Crippen LogP contribution in [0.4, 0.5) is 5.82 Å². The second-order valence-corrected chi connectivity index (χ2v) is 7.52. The molecule has 6 heteroatoms. The van der Waals surface area contributed by atoms with Crippen molar-refractivity contribution in [1.82, 2.24) is 14.5 Å². The van der Waals surface area contributed by atoms with Gasteiger partial charge < -0.3 is 9.47 Å². The fourth-order valence-corrected chi connectivity index (χ4v) is 4.65. The third-order valence-corrected chi connectivity index (χ3v) is 6.10. The minimum Gasteiger partial charge on any atom is -0.320 e. The number of benzene rings is 1. The third-order valence-electron chi connectivity index (χ3n) is 5.63. The van der Waals surface area contributed by atoms with Gasteiger partial charge in [-0.1, -0.05) is 42.5 Å². The molecule has 0 unspecified atom stereocenters. The highest BCUT2D eigenvalue weighted by Gasteiger charge is 2.47. The second kappa shape index (κ2) is 5.39. The Balaban J connectivity index is 1.63. The molecule has 0 saturated heterocycles. The van der Waals surface area contributed by atoms with E-state index >= 15 is 0 Å². The van der Waals surface area contributed by atoms with Gasteiger partial charge in [0.1, 0.15) is 16.5 Å². The van der Waals surface area contributed by atoms with E-state index in [1.165, 1.54) is 24.8 Å². The largest absolute Gasteiger partial charge is 0.320 e. The summed E-state index contributed by atoms with van der Waals surface area (Å²) in [7, 11) is 2.04. The van der Waals surface area contributed by atoms with Gasteiger partial charge in [0.05, 0.1) is 12.1 Å². The van der Waals surface area contributed by atoms with E-state index in [1.54, 1.807) is 0 Å². The fourth-order valence-electron chi connectivity index (χ4n) is 4.37. The number of imidazole rings is 1. The summed E-state index contributed by atoms with van der Waals surface area (Å²) in [6.07, 6.45) is 3.60. The Morgan fingerprint density at radius 2 is 2.00 bits per heavy atom. The van der Waals surface area contributed by atoms with Crippen molar-refractivity contribution in [2.75, 3.05) is 11.9 Å². The lowest BCUT2D eigenvalue weighted by molar-refractivity contribution is 0.627. The SMILES string of the molecule is Cc1nc2c(n1Cc1ccccc1)C(=S)N(C)C1=N[C@@H]3CCC[C@@H]3N12. The maximum Gasteiger partial charge on any atom is 0.208 e. The first-order valence-electron chi connectivity index (χ1n) is 8.91. The molecule has 5 rings (SSSR count). The number of rotatable bonds is 2. The number of nitrogens with zero attached hydrogens (tertiary/aromatic N) is 5. The number of fused-ring (bicyclic) bond motifs is 5. The minimum atomic E-state index is 0.394. The highest BCUT2D eigenvalue weighted by atomic mass is 32.1. The Bertz CT molecular complexity index is 885. The quantitative estimate of drug-likeness (QED) is 0.780. The molecule has 0 spiro atoms. The normalized spacial score (nSPS) is 24.2. The van der Waals surface area contributed by atoms with Crippen molar-refractivity contribution in [3.05, 3.63) is 47.4 Å². The number of hydrogen-bond donors (Lipinski definition) is 0. The first-order valence-corrected chi connectivity index (χ1v) is 9.32. The topological polar surface area (TPSA) is 36.7 Å². The zero-order valence-electron chi connectivity index (χ0n) is 14.5. The molecule has 1 saturated carbocycles. The van der Waals surface area contributed by atoms with Gasteiger partial charge in [0.25, 0.3) is 0 Å². The van der Waals surface area contributed by atoms with Crippen LogP contribution in [-0.2, 0) is 6.54 Å². The van der Waals surface area contributed by atoms with Crippen LogP contribution in [-0.4, -0.2) is 44.5 Å². The summed E-state index contributed by atoms with van der Waals surface area (Å²) < 4.78 is 2.25. The third kappa shape index (κ3) is 2.10. The molecule has 3 aliphatic rings. The van der Waals surface area contributed by atoms with Gasteiger partial charge in [-0.25, -0.2) is 9.98 Å². The molecule has 0 bridgehead atoms. The van der Waals surface area contributed by atoms with E-state index in [0.717, 1.165) is 34.8 Å². The van der Waals surface area contributed by atoms with Crippen LogP contribution in [0.5, 0.6) is 0 Å². The molecular formula is C19H21N5S. The molecule has 1 aliphatic carbocycles. The van der Waals surface area contributed by atoms with Crippen molar-refractivity contribution in [3.63, 3.8) is 0 Å². The van der Waals surface area contributed by atoms with E-state index in [0.29, 0.717) is 12.1 Å². The van der Waals surface area contributed by atoms with E-state index in [2.05, 4.69) is 45.6 Å². The van der Waals surface area contributed by atoms with Crippen LogP contribution in [0.25, 0.3) is 0 Å². The number of hydrogen-bond acceptors (Lipinski definition) is 4. The molecule has 2 aromatic rings. The number of aryl methyl sites for hydroxylation is 1. The van der Waals surface area contributed by atoms with E-state index in [1.807, 2.05) is 13.1 Å². The van der Waals surface area contributed by atoms with Crippen molar-refractivity contribution in [1.29, 1.82) is 0 Å². The van der Waals surface area contributed by atoms with Crippen LogP contribution < -0.4 is 4.90 Å². The fraction of sp³-hybridized carbons (Fsp3) is 0.421. The Morgan fingerprint density at radius 3 is 2.80 bits per heavy atom. The van der Waals surface area contributed by atoms with Gasteiger partial charge in [-0.3, -0.25) is 4.90 Å². The maximum atomic E-state index is 5.81. The summed E-state index contributed by atoms with van der Waals surface area (Å²) >= 11 is 5.81. The number of aromatic nitrogens is 2. The predicted octanol–water partition coefficient (Wildman–Crippen LogP) is 2.96. The molecule has 2 atom stereocenters. The molecule has 2 aliphatic heterocycles. The standard InChI is InChI=1S/C19H21N5S/c1-12-20-17-16(23(12)11-13-7-4-3-5-8-13)18(25)22(2)19-21-14-9-6-10-15(14)24(17)19/h3-5,7-8,14-15H,6,9-11H2,1-2H3/t14-,15+/m1/s1. The van der Waals surface area contributed by atoms with Crippen molar-refractivity contribution in [3.8, 4) is 0 Å². The molecule has 128 valence electrons. The lowest BCUT2D eigenvalue weighted by Crippen LogP contribution is -2.51. The van der Waals surface area contributed by atoms with Gasteiger partial charge in [-0.05, 0) is 31.7 Å². The second-order valence-electron chi connectivity index (χ2n) is 7.13. The summed E-state index contributed by atoms with van der Waals surface area (Å²) in [5.41, 5.74) is 2.32. The molecule has 0 N–H and O–H groups in total. The van der Waals surface area contributed by atoms with Crippen molar-refractivity contribution >= 4 is 29.0 Å². The number of aliphatic imine (C=N–C) groups is 1. The Hall–Kier alpha value is -2.21. The van der Waals surface area contributed by atoms with Crippen LogP contribution in [0.15, 0.2) is 35.3 Å². The summed E-state index contributed by atoms with van der Waals surface area (Å²) in [4.78, 5) is 15.1. The van der Waals surface area contributed by atoms with Gasteiger partial charge >= 0.3 is 0 Å². The lowest BCUT2D eigenvalue weighted by Gasteiger charge is -2.36. The molecule has 3 heterocycles. The molecule has 1 aromatic heterocycles. The maximum absolute atomic E-state index is 5.81. The van der Waals surface area contributed by atoms with Crippen LogP contribution >= 0.6 is 12.2 Å². The van der Waals surface area contributed by atoms with Crippen molar-refractivity contribution in [2.45, 2.75) is 44.8 Å². The first kappa shape index (κ1) is 15.1. The molecule has 0 amide bonds. The van der Waals surface area contributed by atoms with Crippen LogP contribution in [0, 0.1) is 6.92 Å². The average Bonchev–Trinajstić information content (AvgIpc) is 3.27.